The molecule has 0 aromatic heterocycles. The molecule has 0 saturated carbocycles. The maximum absolute atomic E-state index is 13.9. The van der Waals surface area contributed by atoms with Gasteiger partial charge in [0.25, 0.3) is 5.91 Å². The average Bonchev–Trinajstić information content (AvgIpc) is 3.10. The molecule has 0 unspecified atom stereocenters. The Labute approximate surface area is 243 Å². The number of carbonyl (C=O) groups excluding carboxylic acids is 2. The highest BCUT2D eigenvalue weighted by Gasteiger charge is 2.32. The molecule has 2 aromatic rings. The van der Waals surface area contributed by atoms with Gasteiger partial charge in [-0.05, 0) is 74.9 Å². The SMILES string of the molecule is CC[C@H](CN1CC[C@@H](CNC(=O)c2ccc(Cl)c(Cl)c2)N[C@@H](CCN2CCC(C)CC2)C1=O)c1ccccc1. The third-order valence-electron chi connectivity index (χ3n) is 8.30. The number of nitrogens with one attached hydrogen (secondary N) is 2. The minimum atomic E-state index is -0.271. The van der Waals surface area contributed by atoms with Crippen LogP contribution in [0.1, 0.15) is 67.8 Å². The highest BCUT2D eigenvalue weighted by molar-refractivity contribution is 6.42. The summed E-state index contributed by atoms with van der Waals surface area (Å²) in [5, 5.41) is 7.44. The van der Waals surface area contributed by atoms with E-state index < -0.39 is 0 Å². The number of benzene rings is 2. The van der Waals surface area contributed by atoms with E-state index in [4.69, 9.17) is 23.2 Å². The van der Waals surface area contributed by atoms with Crippen molar-refractivity contribution in [1.82, 2.24) is 20.4 Å². The molecule has 212 valence electrons. The second-order valence-corrected chi connectivity index (χ2v) is 12.0. The lowest BCUT2D eigenvalue weighted by Crippen LogP contribution is -2.50. The fraction of sp³-hybridized carbons (Fsp3) is 0.548. The van der Waals surface area contributed by atoms with Crippen LogP contribution in [0.15, 0.2) is 48.5 Å². The van der Waals surface area contributed by atoms with Crippen LogP contribution in [-0.4, -0.2) is 73.0 Å². The summed E-state index contributed by atoms with van der Waals surface area (Å²) < 4.78 is 0. The molecule has 2 fully saturated rings. The molecule has 3 atom stereocenters. The van der Waals surface area contributed by atoms with Crippen LogP contribution < -0.4 is 10.6 Å². The zero-order chi connectivity index (χ0) is 27.8. The topological polar surface area (TPSA) is 64.7 Å². The Morgan fingerprint density at radius 2 is 1.79 bits per heavy atom. The van der Waals surface area contributed by atoms with Gasteiger partial charge >= 0.3 is 0 Å². The van der Waals surface area contributed by atoms with Crippen molar-refractivity contribution in [3.8, 4) is 0 Å². The lowest BCUT2D eigenvalue weighted by molar-refractivity contribution is -0.133. The van der Waals surface area contributed by atoms with Crippen molar-refractivity contribution in [1.29, 1.82) is 0 Å². The lowest BCUT2D eigenvalue weighted by atomic mass is 9.95. The van der Waals surface area contributed by atoms with E-state index in [0.717, 1.165) is 44.8 Å². The Kier molecular flexibility index (Phi) is 11.1. The normalized spacial score (nSPS) is 21.9. The quantitative estimate of drug-likeness (QED) is 0.389. The first-order valence-corrected chi connectivity index (χ1v) is 15.1. The first kappa shape index (κ1) is 29.9. The van der Waals surface area contributed by atoms with Gasteiger partial charge in [0.1, 0.15) is 0 Å². The summed E-state index contributed by atoms with van der Waals surface area (Å²) in [6.07, 6.45) is 4.95. The first-order chi connectivity index (χ1) is 18.8. The van der Waals surface area contributed by atoms with Gasteiger partial charge in [-0.15, -0.1) is 0 Å². The van der Waals surface area contributed by atoms with E-state index in [0.29, 0.717) is 41.2 Å². The Hall–Kier alpha value is -2.12. The van der Waals surface area contributed by atoms with Gasteiger partial charge in [-0.25, -0.2) is 0 Å². The molecule has 0 spiro atoms. The van der Waals surface area contributed by atoms with Crippen LogP contribution in [0.4, 0.5) is 0 Å². The first-order valence-electron chi connectivity index (χ1n) is 14.4. The minimum absolute atomic E-state index is 0.00569. The number of amides is 2. The highest BCUT2D eigenvalue weighted by atomic mass is 35.5. The number of hydrogen-bond donors (Lipinski definition) is 2. The van der Waals surface area contributed by atoms with E-state index in [2.05, 4.69) is 58.5 Å². The summed E-state index contributed by atoms with van der Waals surface area (Å²) in [7, 11) is 0. The zero-order valence-electron chi connectivity index (χ0n) is 23.2. The van der Waals surface area contributed by atoms with Crippen LogP contribution in [0.25, 0.3) is 0 Å². The maximum atomic E-state index is 13.9. The highest BCUT2D eigenvalue weighted by Crippen LogP contribution is 2.24. The van der Waals surface area contributed by atoms with Crippen molar-refractivity contribution in [3.05, 3.63) is 69.7 Å². The summed E-state index contributed by atoms with van der Waals surface area (Å²) in [4.78, 5) is 31.2. The molecule has 8 heteroatoms. The standard InChI is InChI=1S/C31H42Cl2N4O2/c1-3-23(24-7-5-4-6-8-24)21-37-18-13-26(20-34-30(38)25-9-10-27(32)28(33)19-25)35-29(31(37)39)14-17-36-15-11-22(2)12-16-36/h4-10,19,22-23,26,29,35H,3,11-18,20-21H2,1-2H3,(H,34,38)/t23-,26+,29+/m1/s1. The second-order valence-electron chi connectivity index (χ2n) is 11.2. The van der Waals surface area contributed by atoms with Gasteiger partial charge < -0.3 is 20.4 Å². The predicted octanol–water partition coefficient (Wildman–Crippen LogP) is 5.60. The summed E-state index contributed by atoms with van der Waals surface area (Å²) in [5.74, 6) is 1.05. The van der Waals surface area contributed by atoms with Crippen molar-refractivity contribution >= 4 is 35.0 Å². The third-order valence-corrected chi connectivity index (χ3v) is 9.04. The van der Waals surface area contributed by atoms with Crippen LogP contribution in [0.3, 0.4) is 0 Å². The Balaban J connectivity index is 1.43. The van der Waals surface area contributed by atoms with Crippen molar-refractivity contribution in [2.75, 3.05) is 39.3 Å². The zero-order valence-corrected chi connectivity index (χ0v) is 24.7. The molecule has 0 bridgehead atoms. The van der Waals surface area contributed by atoms with Gasteiger partial charge in [-0.3, -0.25) is 9.59 Å². The number of halogens is 2. The molecule has 2 N–H and O–H groups in total. The largest absolute Gasteiger partial charge is 0.350 e. The number of piperidine rings is 1. The fourth-order valence-electron chi connectivity index (χ4n) is 5.64. The van der Waals surface area contributed by atoms with Crippen LogP contribution in [0.2, 0.25) is 10.0 Å². The third kappa shape index (κ3) is 8.43. The Bertz CT molecular complexity index is 1090. The van der Waals surface area contributed by atoms with Crippen LogP contribution in [-0.2, 0) is 4.79 Å². The van der Waals surface area contributed by atoms with Gasteiger partial charge in [0.05, 0.1) is 16.1 Å². The van der Waals surface area contributed by atoms with E-state index in [9.17, 15) is 9.59 Å². The van der Waals surface area contributed by atoms with Gasteiger partial charge in [-0.1, -0.05) is 67.4 Å². The van der Waals surface area contributed by atoms with E-state index in [-0.39, 0.29) is 23.9 Å². The van der Waals surface area contributed by atoms with E-state index in [1.54, 1.807) is 18.2 Å². The maximum Gasteiger partial charge on any atom is 0.251 e. The average molecular weight is 574 g/mol. The fourth-order valence-corrected chi connectivity index (χ4v) is 5.94. The Morgan fingerprint density at radius 3 is 2.49 bits per heavy atom. The molecule has 0 radical (unpaired) electrons. The number of likely N-dealkylation sites (tertiary alicyclic amines) is 1. The van der Waals surface area contributed by atoms with E-state index >= 15 is 0 Å². The van der Waals surface area contributed by atoms with Crippen molar-refractivity contribution in [2.24, 2.45) is 5.92 Å². The number of hydrogen-bond acceptors (Lipinski definition) is 4. The molecule has 6 nitrogen and oxygen atoms in total. The minimum Gasteiger partial charge on any atom is -0.350 e. The summed E-state index contributed by atoms with van der Waals surface area (Å²) >= 11 is 12.1. The molecule has 0 aliphatic carbocycles. The number of rotatable bonds is 10. The number of nitrogens with zero attached hydrogens (tertiary/aromatic N) is 2. The molecule has 2 aliphatic rings. The molecule has 2 heterocycles. The van der Waals surface area contributed by atoms with Gasteiger partial charge in [0.15, 0.2) is 0 Å². The molecular weight excluding hydrogens is 531 g/mol. The van der Waals surface area contributed by atoms with Crippen LogP contribution in [0.5, 0.6) is 0 Å². The smallest absolute Gasteiger partial charge is 0.251 e. The number of carbonyl (C=O) groups is 2. The van der Waals surface area contributed by atoms with E-state index in [1.165, 1.54) is 18.4 Å². The predicted molar refractivity (Wildman–Crippen MR) is 160 cm³/mol. The summed E-state index contributed by atoms with van der Waals surface area (Å²) in [6.45, 7) is 9.42. The summed E-state index contributed by atoms with van der Waals surface area (Å²) in [6, 6.07) is 15.1. The van der Waals surface area contributed by atoms with Crippen molar-refractivity contribution in [3.63, 3.8) is 0 Å². The molecular formula is C31H42Cl2N4O2. The monoisotopic (exact) mass is 572 g/mol. The van der Waals surface area contributed by atoms with Crippen molar-refractivity contribution < 1.29 is 9.59 Å². The van der Waals surface area contributed by atoms with Crippen molar-refractivity contribution in [2.45, 2.75) is 64.0 Å². The molecule has 39 heavy (non-hydrogen) atoms. The second kappa shape index (κ2) is 14.5. The molecule has 2 aromatic carbocycles. The molecule has 2 saturated heterocycles. The van der Waals surface area contributed by atoms with Crippen LogP contribution >= 0.6 is 23.2 Å². The van der Waals surface area contributed by atoms with Gasteiger partial charge in [-0.2, -0.15) is 0 Å². The molecule has 2 amide bonds. The molecule has 4 rings (SSSR count). The molecule has 2 aliphatic heterocycles. The van der Waals surface area contributed by atoms with Crippen LogP contribution in [0, 0.1) is 5.92 Å². The van der Waals surface area contributed by atoms with Gasteiger partial charge in [0.2, 0.25) is 5.91 Å². The summed E-state index contributed by atoms with van der Waals surface area (Å²) in [5.41, 5.74) is 1.75. The lowest BCUT2D eigenvalue weighted by Gasteiger charge is -2.32. The van der Waals surface area contributed by atoms with E-state index in [1.807, 2.05) is 6.07 Å². The van der Waals surface area contributed by atoms with Gasteiger partial charge in [0, 0.05) is 43.7 Å². The Morgan fingerprint density at radius 1 is 1.05 bits per heavy atom.